The van der Waals surface area contributed by atoms with Gasteiger partial charge in [-0.3, -0.25) is 4.79 Å². The van der Waals surface area contributed by atoms with Crippen molar-refractivity contribution in [2.24, 2.45) is 0 Å². The number of rotatable bonds is 3. The van der Waals surface area contributed by atoms with Gasteiger partial charge in [-0.05, 0) is 44.6 Å². The number of carbonyl (C=O) groups is 1. The number of hydrogen-bond acceptors (Lipinski definition) is 2. The Morgan fingerprint density at radius 3 is 2.86 bits per heavy atom. The Balaban J connectivity index is 2.72. The summed E-state index contributed by atoms with van der Waals surface area (Å²) in [5, 5.41) is 9.85. The van der Waals surface area contributed by atoms with E-state index in [0.29, 0.717) is 6.42 Å². The molecule has 0 aromatic carbocycles. The average molecular weight is 196 g/mol. The Morgan fingerprint density at radius 1 is 1.50 bits per heavy atom. The molecule has 14 heavy (non-hydrogen) atoms. The average Bonchev–Trinajstić information content (AvgIpc) is 2.44. The van der Waals surface area contributed by atoms with E-state index in [1.54, 1.807) is 6.92 Å². The number of allylic oxidation sites excluding steroid dienone is 1. The van der Waals surface area contributed by atoms with E-state index in [9.17, 15) is 9.90 Å². The summed E-state index contributed by atoms with van der Waals surface area (Å²) in [6, 6.07) is 0. The zero-order valence-corrected chi connectivity index (χ0v) is 9.18. The summed E-state index contributed by atoms with van der Waals surface area (Å²) < 4.78 is 0. The number of aliphatic hydroxyl groups is 1. The molecule has 1 N–H and O–H groups in total. The lowest BCUT2D eigenvalue weighted by Gasteiger charge is -2.20. The van der Waals surface area contributed by atoms with Crippen LogP contribution in [0.25, 0.3) is 0 Å². The highest BCUT2D eigenvalue weighted by molar-refractivity contribution is 6.01. The van der Waals surface area contributed by atoms with Crippen LogP contribution in [0.1, 0.15) is 52.4 Å². The summed E-state index contributed by atoms with van der Waals surface area (Å²) in [6.45, 7) is 3.45. The normalized spacial score (nSPS) is 22.1. The van der Waals surface area contributed by atoms with Crippen LogP contribution in [-0.2, 0) is 4.79 Å². The molecule has 1 rings (SSSR count). The first-order valence-electron chi connectivity index (χ1n) is 5.54. The van der Waals surface area contributed by atoms with Crippen molar-refractivity contribution >= 4 is 5.78 Å². The van der Waals surface area contributed by atoms with E-state index in [1.165, 1.54) is 12.8 Å². The van der Waals surface area contributed by atoms with Crippen LogP contribution in [0.5, 0.6) is 0 Å². The molecule has 80 valence electrons. The predicted molar refractivity (Wildman–Crippen MR) is 57.1 cm³/mol. The van der Waals surface area contributed by atoms with Crippen molar-refractivity contribution < 1.29 is 9.90 Å². The maximum atomic E-state index is 11.9. The van der Waals surface area contributed by atoms with E-state index >= 15 is 0 Å². The molecule has 0 aliphatic heterocycles. The lowest BCUT2D eigenvalue weighted by molar-refractivity contribution is -0.132. The third-order valence-corrected chi connectivity index (χ3v) is 3.01. The number of carbonyl (C=O) groups excluding carboxylic acids is 1. The molecule has 0 saturated carbocycles. The van der Waals surface area contributed by atoms with Crippen LogP contribution in [0.4, 0.5) is 0 Å². The third kappa shape index (κ3) is 2.68. The minimum Gasteiger partial charge on any atom is -0.382 e. The van der Waals surface area contributed by atoms with Gasteiger partial charge >= 0.3 is 0 Å². The summed E-state index contributed by atoms with van der Waals surface area (Å²) >= 11 is 0. The highest BCUT2D eigenvalue weighted by Crippen LogP contribution is 2.23. The Kier molecular flexibility index (Phi) is 3.87. The Hall–Kier alpha value is -0.630. The first kappa shape index (κ1) is 11.4. The molecule has 0 spiro atoms. The van der Waals surface area contributed by atoms with Crippen LogP contribution in [0.2, 0.25) is 0 Å². The van der Waals surface area contributed by atoms with Gasteiger partial charge in [0.05, 0.1) is 0 Å². The Bertz CT molecular complexity index is 239. The summed E-state index contributed by atoms with van der Waals surface area (Å²) in [5.41, 5.74) is -0.315. The fraction of sp³-hybridized carbons (Fsp3) is 0.750. The van der Waals surface area contributed by atoms with Gasteiger partial charge in [0.2, 0.25) is 0 Å². The fourth-order valence-electron chi connectivity index (χ4n) is 1.73. The van der Waals surface area contributed by atoms with E-state index in [1.807, 2.05) is 13.0 Å². The molecule has 0 aromatic heterocycles. The van der Waals surface area contributed by atoms with Crippen molar-refractivity contribution in [2.45, 2.75) is 58.0 Å². The van der Waals surface area contributed by atoms with Crippen LogP contribution in [-0.4, -0.2) is 16.5 Å². The second-order valence-electron chi connectivity index (χ2n) is 4.29. The minimum atomic E-state index is -1.16. The quantitative estimate of drug-likeness (QED) is 0.753. The largest absolute Gasteiger partial charge is 0.382 e. The Morgan fingerprint density at radius 2 is 2.21 bits per heavy atom. The molecule has 1 aliphatic carbocycles. The second-order valence-corrected chi connectivity index (χ2v) is 4.29. The van der Waals surface area contributed by atoms with Crippen LogP contribution >= 0.6 is 0 Å². The highest BCUT2D eigenvalue weighted by Gasteiger charge is 2.30. The maximum Gasteiger partial charge on any atom is 0.189 e. The number of hydrogen-bond donors (Lipinski definition) is 1. The first-order valence-corrected chi connectivity index (χ1v) is 5.54. The van der Waals surface area contributed by atoms with Crippen LogP contribution in [0, 0.1) is 0 Å². The van der Waals surface area contributed by atoms with Crippen molar-refractivity contribution in [1.82, 2.24) is 0 Å². The van der Waals surface area contributed by atoms with Crippen molar-refractivity contribution in [1.29, 1.82) is 0 Å². The molecular weight excluding hydrogens is 176 g/mol. The summed E-state index contributed by atoms with van der Waals surface area (Å²) in [7, 11) is 0. The molecule has 0 saturated heterocycles. The van der Waals surface area contributed by atoms with Gasteiger partial charge in [0.15, 0.2) is 5.78 Å². The van der Waals surface area contributed by atoms with Crippen LogP contribution < -0.4 is 0 Å². The molecule has 1 aliphatic rings. The molecule has 0 aromatic rings. The minimum absolute atomic E-state index is 0.0677. The van der Waals surface area contributed by atoms with E-state index in [-0.39, 0.29) is 5.78 Å². The molecule has 0 amide bonds. The van der Waals surface area contributed by atoms with Gasteiger partial charge in [0.25, 0.3) is 0 Å². The molecule has 2 nitrogen and oxygen atoms in total. The second kappa shape index (κ2) is 4.74. The highest BCUT2D eigenvalue weighted by atomic mass is 16.3. The third-order valence-electron chi connectivity index (χ3n) is 3.01. The molecule has 0 heterocycles. The number of Topliss-reactive ketones (excluding diaryl/α,β-unsaturated/α-hetero) is 1. The SMILES string of the molecule is CCC(C)(O)C(=O)C1=CCCCCC1. The van der Waals surface area contributed by atoms with Gasteiger partial charge in [-0.2, -0.15) is 0 Å². The van der Waals surface area contributed by atoms with E-state index < -0.39 is 5.60 Å². The predicted octanol–water partition coefficient (Wildman–Crippen LogP) is 2.61. The standard InChI is InChI=1S/C12H20O2/c1-3-12(2,14)11(13)10-8-6-4-5-7-9-10/h8,14H,3-7,9H2,1-2H3. The zero-order chi connectivity index (χ0) is 10.6. The molecule has 2 heteroatoms. The zero-order valence-electron chi connectivity index (χ0n) is 9.18. The molecule has 0 fully saturated rings. The summed E-state index contributed by atoms with van der Waals surface area (Å²) in [6.07, 6.45) is 7.78. The monoisotopic (exact) mass is 196 g/mol. The van der Waals surface area contributed by atoms with Crippen molar-refractivity contribution in [3.63, 3.8) is 0 Å². The molecule has 0 radical (unpaired) electrons. The van der Waals surface area contributed by atoms with Crippen LogP contribution in [0.3, 0.4) is 0 Å². The van der Waals surface area contributed by atoms with E-state index in [4.69, 9.17) is 0 Å². The molecule has 1 atom stereocenters. The topological polar surface area (TPSA) is 37.3 Å². The summed E-state index contributed by atoms with van der Waals surface area (Å²) in [4.78, 5) is 11.9. The van der Waals surface area contributed by atoms with E-state index in [0.717, 1.165) is 24.8 Å². The maximum absolute atomic E-state index is 11.9. The van der Waals surface area contributed by atoms with Gasteiger partial charge in [-0.25, -0.2) is 0 Å². The van der Waals surface area contributed by atoms with Gasteiger partial charge in [-0.1, -0.05) is 19.4 Å². The van der Waals surface area contributed by atoms with Gasteiger partial charge < -0.3 is 5.11 Å². The van der Waals surface area contributed by atoms with Gasteiger partial charge in [-0.15, -0.1) is 0 Å². The van der Waals surface area contributed by atoms with Gasteiger partial charge in [0.1, 0.15) is 5.60 Å². The molecular formula is C12H20O2. The van der Waals surface area contributed by atoms with E-state index in [2.05, 4.69) is 0 Å². The fourth-order valence-corrected chi connectivity index (χ4v) is 1.73. The summed E-state index contributed by atoms with van der Waals surface area (Å²) in [5.74, 6) is -0.0677. The molecule has 0 bridgehead atoms. The van der Waals surface area contributed by atoms with Gasteiger partial charge in [0, 0.05) is 0 Å². The Labute approximate surface area is 86.0 Å². The van der Waals surface area contributed by atoms with Crippen molar-refractivity contribution in [3.8, 4) is 0 Å². The van der Waals surface area contributed by atoms with Crippen molar-refractivity contribution in [2.75, 3.05) is 0 Å². The smallest absolute Gasteiger partial charge is 0.189 e. The lowest BCUT2D eigenvalue weighted by atomic mass is 9.90. The lowest BCUT2D eigenvalue weighted by Crippen LogP contribution is -2.35. The first-order chi connectivity index (χ1) is 6.58. The number of ketones is 1. The van der Waals surface area contributed by atoms with Crippen LogP contribution in [0.15, 0.2) is 11.6 Å². The molecule has 1 unspecified atom stereocenters. The van der Waals surface area contributed by atoms with Crippen molar-refractivity contribution in [3.05, 3.63) is 11.6 Å².